The zero-order valence-electron chi connectivity index (χ0n) is 11.9. The van der Waals surface area contributed by atoms with Gasteiger partial charge in [0.15, 0.2) is 5.78 Å². The van der Waals surface area contributed by atoms with Crippen molar-refractivity contribution < 1.29 is 14.6 Å². The second kappa shape index (κ2) is 5.74. The van der Waals surface area contributed by atoms with E-state index >= 15 is 0 Å². The second-order valence-electron chi connectivity index (χ2n) is 5.53. The van der Waals surface area contributed by atoms with Crippen molar-refractivity contribution in [3.63, 3.8) is 0 Å². The summed E-state index contributed by atoms with van der Waals surface area (Å²) in [5.41, 5.74) is 2.80. The molecular weight excluding hydrogens is 240 g/mol. The largest absolute Gasteiger partial charge is 0.496 e. The lowest BCUT2D eigenvalue weighted by Crippen LogP contribution is -2.25. The highest BCUT2D eigenvalue weighted by atomic mass is 16.5. The Labute approximate surface area is 114 Å². The fraction of sp³-hybridized carbons (Fsp3) is 0.562. The smallest absolute Gasteiger partial charge is 0.169 e. The fourth-order valence-corrected chi connectivity index (χ4v) is 2.95. The summed E-state index contributed by atoms with van der Waals surface area (Å²) in [6, 6.07) is 3.94. The minimum absolute atomic E-state index is 0.0266. The number of aliphatic hydroxyl groups excluding tert-OH is 1. The maximum absolute atomic E-state index is 12.7. The highest BCUT2D eigenvalue weighted by Gasteiger charge is 2.28. The number of hydrogen-bond donors (Lipinski definition) is 1. The van der Waals surface area contributed by atoms with E-state index in [9.17, 15) is 9.90 Å². The number of benzene rings is 1. The van der Waals surface area contributed by atoms with E-state index in [0.29, 0.717) is 5.75 Å². The van der Waals surface area contributed by atoms with Crippen molar-refractivity contribution >= 4 is 5.78 Å². The van der Waals surface area contributed by atoms with Gasteiger partial charge in [0.2, 0.25) is 0 Å². The molecule has 1 saturated carbocycles. The van der Waals surface area contributed by atoms with Crippen LogP contribution in [0.2, 0.25) is 0 Å². The number of carbonyl (C=O) groups is 1. The van der Waals surface area contributed by atoms with Crippen LogP contribution >= 0.6 is 0 Å². The lowest BCUT2D eigenvalue weighted by molar-refractivity contribution is 0.0761. The van der Waals surface area contributed by atoms with Gasteiger partial charge in [-0.15, -0.1) is 0 Å². The van der Waals surface area contributed by atoms with Crippen molar-refractivity contribution in [3.05, 3.63) is 28.8 Å². The van der Waals surface area contributed by atoms with Crippen LogP contribution in [-0.4, -0.2) is 24.1 Å². The third-order valence-corrected chi connectivity index (χ3v) is 3.98. The molecular formula is C16H22O3. The molecule has 0 bridgehead atoms. The number of aryl methyl sites for hydroxylation is 2. The van der Waals surface area contributed by atoms with Crippen LogP contribution in [-0.2, 0) is 0 Å². The van der Waals surface area contributed by atoms with Gasteiger partial charge in [-0.3, -0.25) is 4.79 Å². The topological polar surface area (TPSA) is 46.5 Å². The van der Waals surface area contributed by atoms with Gasteiger partial charge < -0.3 is 9.84 Å². The molecule has 1 aromatic carbocycles. The Kier molecular flexibility index (Phi) is 4.25. The third-order valence-electron chi connectivity index (χ3n) is 3.98. The van der Waals surface area contributed by atoms with E-state index < -0.39 is 0 Å². The van der Waals surface area contributed by atoms with Crippen LogP contribution in [0.25, 0.3) is 0 Å². The molecule has 3 heteroatoms. The average molecular weight is 262 g/mol. The van der Waals surface area contributed by atoms with Gasteiger partial charge in [-0.2, -0.15) is 0 Å². The molecule has 0 radical (unpaired) electrons. The molecule has 104 valence electrons. The molecule has 0 unspecified atom stereocenters. The molecule has 0 amide bonds. The van der Waals surface area contributed by atoms with E-state index in [1.54, 1.807) is 7.11 Å². The number of rotatable bonds is 3. The normalized spacial score (nSPS) is 23.2. The van der Waals surface area contributed by atoms with E-state index in [0.717, 1.165) is 42.4 Å². The van der Waals surface area contributed by atoms with E-state index in [1.807, 2.05) is 26.0 Å². The number of aliphatic hydroxyl groups is 1. The standard InChI is InChI=1S/C16H22O3/c1-10-8-11(2)15(14(9-10)19-3)16(18)12-4-6-13(17)7-5-12/h8-9,12-13,17H,4-7H2,1-3H3. The lowest BCUT2D eigenvalue weighted by Gasteiger charge is -2.25. The molecule has 1 fully saturated rings. The first-order chi connectivity index (χ1) is 9.02. The van der Waals surface area contributed by atoms with Crippen molar-refractivity contribution in [1.82, 2.24) is 0 Å². The van der Waals surface area contributed by atoms with Gasteiger partial charge >= 0.3 is 0 Å². The molecule has 0 heterocycles. The molecule has 1 aliphatic carbocycles. The van der Waals surface area contributed by atoms with Crippen molar-refractivity contribution in [2.45, 2.75) is 45.6 Å². The average Bonchev–Trinajstić information content (AvgIpc) is 2.38. The highest BCUT2D eigenvalue weighted by molar-refractivity contribution is 6.01. The van der Waals surface area contributed by atoms with Crippen LogP contribution in [0, 0.1) is 19.8 Å². The second-order valence-corrected chi connectivity index (χ2v) is 5.53. The van der Waals surface area contributed by atoms with E-state index in [4.69, 9.17) is 4.74 Å². The zero-order chi connectivity index (χ0) is 14.0. The summed E-state index contributed by atoms with van der Waals surface area (Å²) in [6.45, 7) is 3.96. The predicted molar refractivity (Wildman–Crippen MR) is 74.8 cm³/mol. The molecule has 0 saturated heterocycles. The van der Waals surface area contributed by atoms with Gasteiger partial charge in [-0.05, 0) is 56.7 Å². The molecule has 2 rings (SSSR count). The van der Waals surface area contributed by atoms with E-state index in [-0.39, 0.29) is 17.8 Å². The van der Waals surface area contributed by atoms with E-state index in [1.165, 1.54) is 0 Å². The van der Waals surface area contributed by atoms with Gasteiger partial charge in [0.25, 0.3) is 0 Å². The first-order valence-corrected chi connectivity index (χ1v) is 6.90. The van der Waals surface area contributed by atoms with Crippen molar-refractivity contribution in [2.24, 2.45) is 5.92 Å². The van der Waals surface area contributed by atoms with Gasteiger partial charge in [0, 0.05) is 5.92 Å². The maximum atomic E-state index is 12.7. The molecule has 0 spiro atoms. The van der Waals surface area contributed by atoms with Crippen LogP contribution in [0.4, 0.5) is 0 Å². The highest BCUT2D eigenvalue weighted by Crippen LogP contribution is 2.32. The molecule has 0 aliphatic heterocycles. The predicted octanol–water partition coefficient (Wildman–Crippen LogP) is 3.05. The Hall–Kier alpha value is -1.35. The van der Waals surface area contributed by atoms with Gasteiger partial charge in [-0.1, -0.05) is 6.07 Å². The summed E-state index contributed by atoms with van der Waals surface area (Å²) in [7, 11) is 1.61. The summed E-state index contributed by atoms with van der Waals surface area (Å²) in [5.74, 6) is 0.869. The number of carbonyl (C=O) groups excluding carboxylic acids is 1. The Morgan fingerprint density at radius 1 is 1.21 bits per heavy atom. The molecule has 1 N–H and O–H groups in total. The molecule has 3 nitrogen and oxygen atoms in total. The first kappa shape index (κ1) is 14.1. The quantitative estimate of drug-likeness (QED) is 0.852. The van der Waals surface area contributed by atoms with Crippen molar-refractivity contribution in [3.8, 4) is 5.75 Å². The van der Waals surface area contributed by atoms with Gasteiger partial charge in [-0.25, -0.2) is 0 Å². The zero-order valence-corrected chi connectivity index (χ0v) is 11.9. The number of ether oxygens (including phenoxy) is 1. The number of methoxy groups -OCH3 is 1. The Morgan fingerprint density at radius 3 is 2.42 bits per heavy atom. The van der Waals surface area contributed by atoms with E-state index in [2.05, 4.69) is 0 Å². The number of Topliss-reactive ketones (excluding diaryl/α,β-unsaturated/α-hetero) is 1. The first-order valence-electron chi connectivity index (χ1n) is 6.90. The summed E-state index contributed by atoms with van der Waals surface area (Å²) in [6.07, 6.45) is 2.77. The molecule has 0 atom stereocenters. The fourth-order valence-electron chi connectivity index (χ4n) is 2.95. The number of ketones is 1. The summed E-state index contributed by atoms with van der Waals surface area (Å²) < 4.78 is 5.37. The van der Waals surface area contributed by atoms with Crippen molar-refractivity contribution in [1.29, 1.82) is 0 Å². The molecule has 0 aromatic heterocycles. The van der Waals surface area contributed by atoms with Crippen LogP contribution < -0.4 is 4.74 Å². The monoisotopic (exact) mass is 262 g/mol. The van der Waals surface area contributed by atoms with Crippen molar-refractivity contribution in [2.75, 3.05) is 7.11 Å². The Bertz CT molecular complexity index is 471. The van der Waals surface area contributed by atoms with Crippen LogP contribution in [0.5, 0.6) is 5.75 Å². The van der Waals surface area contributed by atoms with Gasteiger partial charge in [0.05, 0.1) is 18.8 Å². The minimum Gasteiger partial charge on any atom is -0.496 e. The third kappa shape index (κ3) is 2.98. The van der Waals surface area contributed by atoms with Crippen LogP contribution in [0.1, 0.15) is 47.2 Å². The van der Waals surface area contributed by atoms with Crippen LogP contribution in [0.15, 0.2) is 12.1 Å². The molecule has 19 heavy (non-hydrogen) atoms. The Morgan fingerprint density at radius 2 is 1.84 bits per heavy atom. The minimum atomic E-state index is -0.231. The lowest BCUT2D eigenvalue weighted by atomic mass is 9.81. The molecule has 1 aromatic rings. The maximum Gasteiger partial charge on any atom is 0.169 e. The Balaban J connectivity index is 2.28. The number of hydrogen-bond acceptors (Lipinski definition) is 3. The summed E-state index contributed by atoms with van der Waals surface area (Å²) in [5, 5.41) is 9.54. The SMILES string of the molecule is COc1cc(C)cc(C)c1C(=O)C1CCC(O)CC1. The summed E-state index contributed by atoms with van der Waals surface area (Å²) >= 11 is 0. The summed E-state index contributed by atoms with van der Waals surface area (Å²) in [4.78, 5) is 12.7. The van der Waals surface area contributed by atoms with Crippen LogP contribution in [0.3, 0.4) is 0 Å². The van der Waals surface area contributed by atoms with Gasteiger partial charge in [0.1, 0.15) is 5.75 Å². The molecule has 1 aliphatic rings.